The predicted octanol–water partition coefficient (Wildman–Crippen LogP) is 5.65. The van der Waals surface area contributed by atoms with Crippen molar-refractivity contribution in [1.29, 1.82) is 0 Å². The third-order valence-corrected chi connectivity index (χ3v) is 7.23. The quantitative estimate of drug-likeness (QED) is 0.262. The molecule has 2 aromatic carbocycles. The highest BCUT2D eigenvalue weighted by molar-refractivity contribution is 6.30. The third-order valence-electron chi connectivity index (χ3n) is 7.00. The van der Waals surface area contributed by atoms with Gasteiger partial charge in [0.15, 0.2) is 0 Å². The van der Waals surface area contributed by atoms with Crippen molar-refractivity contribution in [2.75, 3.05) is 12.4 Å². The van der Waals surface area contributed by atoms with Crippen LogP contribution in [-0.4, -0.2) is 49.3 Å². The SMILES string of the molecule is COC(=O)Nc1ccc2c(c1)CCCCCCC[C@H](NC(=O)/C=C/c1cc(Cl)ccc1-n1cnnn1)c1nc-2c[nH]1. The van der Waals surface area contributed by atoms with Crippen LogP contribution in [0.3, 0.4) is 0 Å². The van der Waals surface area contributed by atoms with Gasteiger partial charge in [0.25, 0.3) is 0 Å². The number of methoxy groups -OCH3 is 1. The highest BCUT2D eigenvalue weighted by atomic mass is 35.5. The summed E-state index contributed by atoms with van der Waals surface area (Å²) in [4.78, 5) is 33.0. The van der Waals surface area contributed by atoms with E-state index >= 15 is 0 Å². The maximum atomic E-state index is 13.1. The van der Waals surface area contributed by atoms with Crippen LogP contribution >= 0.6 is 11.6 Å². The number of nitrogens with zero attached hydrogens (tertiary/aromatic N) is 5. The van der Waals surface area contributed by atoms with Gasteiger partial charge in [-0.25, -0.2) is 9.78 Å². The standard InChI is InChI=1S/C29H31ClN8O3/c1-41-29(40)33-22-11-12-23-19(16-22)7-5-3-2-4-6-8-24(28-31-17-25(23)35-28)34-27(39)14-9-20-15-21(30)10-13-26(20)38-18-32-36-37-38/h9-18,24H,2-8H2,1H3,(H,31,35)(H,33,40)(H,34,39)/b14-9+/t24-/m0/s1. The Kier molecular flexibility index (Phi) is 9.05. The molecule has 2 bridgehead atoms. The van der Waals surface area contributed by atoms with Crippen molar-refractivity contribution in [3.8, 4) is 16.9 Å². The van der Waals surface area contributed by atoms with E-state index in [1.54, 1.807) is 24.3 Å². The molecule has 2 aromatic heterocycles. The predicted molar refractivity (Wildman–Crippen MR) is 156 cm³/mol. The minimum Gasteiger partial charge on any atom is -0.453 e. The lowest BCUT2D eigenvalue weighted by Gasteiger charge is -2.16. The van der Waals surface area contributed by atoms with Crippen molar-refractivity contribution in [2.45, 2.75) is 51.0 Å². The second-order valence-electron chi connectivity index (χ2n) is 9.82. The number of benzene rings is 2. The Bertz CT molecular complexity index is 1530. The van der Waals surface area contributed by atoms with E-state index < -0.39 is 6.09 Å². The van der Waals surface area contributed by atoms with Gasteiger partial charge in [0, 0.05) is 34.1 Å². The fourth-order valence-electron chi connectivity index (χ4n) is 4.95. The van der Waals surface area contributed by atoms with Crippen molar-refractivity contribution in [2.24, 2.45) is 0 Å². The molecule has 11 nitrogen and oxygen atoms in total. The first-order valence-electron chi connectivity index (χ1n) is 13.6. The molecular weight excluding hydrogens is 544 g/mol. The van der Waals surface area contributed by atoms with Crippen LogP contribution < -0.4 is 10.6 Å². The lowest BCUT2D eigenvalue weighted by Crippen LogP contribution is -2.27. The van der Waals surface area contributed by atoms with Gasteiger partial charge in [-0.15, -0.1) is 5.10 Å². The summed E-state index contributed by atoms with van der Waals surface area (Å²) < 4.78 is 6.25. The normalized spacial score (nSPS) is 15.7. The van der Waals surface area contributed by atoms with E-state index in [4.69, 9.17) is 21.3 Å². The Labute approximate surface area is 242 Å². The Morgan fingerprint density at radius 3 is 2.80 bits per heavy atom. The summed E-state index contributed by atoms with van der Waals surface area (Å²) in [6.45, 7) is 0. The van der Waals surface area contributed by atoms with E-state index in [0.29, 0.717) is 27.8 Å². The average molecular weight is 575 g/mol. The molecule has 0 unspecified atom stereocenters. The second-order valence-corrected chi connectivity index (χ2v) is 10.3. The molecule has 1 atom stereocenters. The average Bonchev–Trinajstić information content (AvgIpc) is 3.68. The van der Waals surface area contributed by atoms with Gasteiger partial charge >= 0.3 is 6.09 Å². The molecule has 4 aromatic rings. The van der Waals surface area contributed by atoms with E-state index in [1.807, 2.05) is 24.4 Å². The third kappa shape index (κ3) is 7.17. The number of nitrogens with one attached hydrogen (secondary N) is 3. The molecule has 0 aliphatic carbocycles. The van der Waals surface area contributed by atoms with Crippen molar-refractivity contribution < 1.29 is 14.3 Å². The van der Waals surface area contributed by atoms with Crippen LogP contribution in [0.1, 0.15) is 61.5 Å². The minimum atomic E-state index is -0.508. The number of carbonyl (C=O) groups excluding carboxylic acids is 2. The van der Waals surface area contributed by atoms with Crippen LogP contribution in [0.2, 0.25) is 5.02 Å². The number of halogens is 1. The number of fused-ring (bicyclic) bond motifs is 4. The smallest absolute Gasteiger partial charge is 0.411 e. The van der Waals surface area contributed by atoms with E-state index in [9.17, 15) is 9.59 Å². The number of tetrazole rings is 1. The highest BCUT2D eigenvalue weighted by Gasteiger charge is 2.19. The van der Waals surface area contributed by atoms with Gasteiger partial charge in [0.2, 0.25) is 5.91 Å². The number of rotatable bonds is 5. The van der Waals surface area contributed by atoms with Gasteiger partial charge in [-0.1, -0.05) is 43.4 Å². The maximum absolute atomic E-state index is 13.1. The molecule has 0 fully saturated rings. The Balaban J connectivity index is 1.37. The molecule has 3 heterocycles. The number of amides is 2. The fourth-order valence-corrected chi connectivity index (χ4v) is 5.13. The van der Waals surface area contributed by atoms with Crippen molar-refractivity contribution in [3.63, 3.8) is 0 Å². The largest absolute Gasteiger partial charge is 0.453 e. The molecule has 1 aliphatic rings. The number of imidazole rings is 1. The van der Waals surface area contributed by atoms with Gasteiger partial charge in [0.05, 0.1) is 24.5 Å². The molecule has 0 saturated carbocycles. The Morgan fingerprint density at radius 1 is 1.12 bits per heavy atom. The molecule has 3 N–H and O–H groups in total. The van der Waals surface area contributed by atoms with E-state index in [0.717, 1.165) is 61.8 Å². The summed E-state index contributed by atoms with van der Waals surface area (Å²) in [5.74, 6) is 0.444. The molecule has 5 rings (SSSR count). The second kappa shape index (κ2) is 13.2. The Hall–Kier alpha value is -4.51. The van der Waals surface area contributed by atoms with Gasteiger partial charge < -0.3 is 15.0 Å². The molecule has 1 aliphatic heterocycles. The van der Waals surface area contributed by atoms with Gasteiger partial charge in [-0.05, 0) is 71.7 Å². The van der Waals surface area contributed by atoms with E-state index in [1.165, 1.54) is 24.2 Å². The van der Waals surface area contributed by atoms with Gasteiger partial charge in [-0.3, -0.25) is 10.1 Å². The minimum absolute atomic E-state index is 0.251. The monoisotopic (exact) mass is 574 g/mol. The van der Waals surface area contributed by atoms with Crippen LogP contribution in [0, 0.1) is 0 Å². The van der Waals surface area contributed by atoms with Crippen molar-refractivity contribution in [3.05, 3.63) is 77.0 Å². The topological polar surface area (TPSA) is 140 Å². The maximum Gasteiger partial charge on any atom is 0.411 e. The van der Waals surface area contributed by atoms with Crippen molar-refractivity contribution >= 4 is 35.4 Å². The van der Waals surface area contributed by atoms with E-state index in [2.05, 4.69) is 31.1 Å². The highest BCUT2D eigenvalue weighted by Crippen LogP contribution is 2.30. The number of anilines is 1. The number of H-pyrrole nitrogens is 1. The van der Waals surface area contributed by atoms with Gasteiger partial charge in [-0.2, -0.15) is 4.68 Å². The number of hydrogen-bond acceptors (Lipinski definition) is 7. The molecule has 12 heteroatoms. The first-order valence-corrected chi connectivity index (χ1v) is 13.9. The molecule has 0 spiro atoms. The summed E-state index contributed by atoms with van der Waals surface area (Å²) in [6, 6.07) is 10.8. The molecular formula is C29H31ClN8O3. The number of aromatic nitrogens is 6. The van der Waals surface area contributed by atoms with Gasteiger partial charge in [0.1, 0.15) is 12.2 Å². The van der Waals surface area contributed by atoms with Crippen molar-refractivity contribution in [1.82, 2.24) is 35.5 Å². The van der Waals surface area contributed by atoms with Crippen LogP contribution in [0.25, 0.3) is 23.0 Å². The Morgan fingerprint density at radius 2 is 1.98 bits per heavy atom. The van der Waals surface area contributed by atoms with Crippen LogP contribution in [0.15, 0.2) is 55.0 Å². The summed E-state index contributed by atoms with van der Waals surface area (Å²) in [5, 5.41) is 17.7. The molecule has 0 saturated heterocycles. The molecule has 212 valence electrons. The molecule has 41 heavy (non-hydrogen) atoms. The number of carbonyl (C=O) groups is 2. The fraction of sp³-hybridized carbons (Fsp3) is 0.310. The van der Waals surface area contributed by atoms with Crippen LogP contribution in [-0.2, 0) is 16.0 Å². The summed E-state index contributed by atoms with van der Waals surface area (Å²) >= 11 is 6.21. The summed E-state index contributed by atoms with van der Waals surface area (Å²) in [5.41, 5.74) is 4.95. The zero-order valence-corrected chi connectivity index (χ0v) is 23.4. The summed E-state index contributed by atoms with van der Waals surface area (Å²) in [7, 11) is 1.34. The first-order chi connectivity index (χ1) is 20.0. The first kappa shape index (κ1) is 28.0. The summed E-state index contributed by atoms with van der Waals surface area (Å²) in [6.07, 6.45) is 12.9. The number of hydrogen-bond donors (Lipinski definition) is 3. The number of aromatic amines is 1. The number of ether oxygens (including phenoxy) is 1. The zero-order valence-electron chi connectivity index (χ0n) is 22.6. The number of aryl methyl sites for hydroxylation is 1. The van der Waals surface area contributed by atoms with Crippen LogP contribution in [0.5, 0.6) is 0 Å². The van der Waals surface area contributed by atoms with E-state index in [-0.39, 0.29) is 11.9 Å². The molecule has 0 radical (unpaired) electrons. The lowest BCUT2D eigenvalue weighted by atomic mass is 9.98. The lowest BCUT2D eigenvalue weighted by molar-refractivity contribution is -0.117. The molecule has 2 amide bonds. The van der Waals surface area contributed by atoms with Crippen LogP contribution in [0.4, 0.5) is 10.5 Å². The zero-order chi connectivity index (χ0) is 28.6.